The minimum absolute atomic E-state index is 0.00955. The Balaban J connectivity index is 1.75. The smallest absolute Gasteiger partial charge is 0.394 e. The molecule has 0 unspecified atom stereocenters. The summed E-state index contributed by atoms with van der Waals surface area (Å²) in [6.45, 7) is -0.0572. The Morgan fingerprint density at radius 1 is 1.26 bits per heavy atom. The van der Waals surface area contributed by atoms with Gasteiger partial charge in [0.25, 0.3) is 5.91 Å². The van der Waals surface area contributed by atoms with E-state index in [-0.39, 0.29) is 5.82 Å². The highest BCUT2D eigenvalue weighted by Crippen LogP contribution is 2.31. The Morgan fingerprint density at radius 2 is 1.94 bits per heavy atom. The van der Waals surface area contributed by atoms with E-state index in [1.165, 1.54) is 6.20 Å². The minimum Gasteiger partial charge on any atom is -0.394 e. The van der Waals surface area contributed by atoms with Crippen molar-refractivity contribution in [2.75, 3.05) is 25.1 Å². The molecule has 0 radical (unpaired) electrons. The molecule has 2 amide bonds. The van der Waals surface area contributed by atoms with E-state index in [1.54, 1.807) is 42.6 Å². The fourth-order valence-corrected chi connectivity index (χ4v) is 3.38. The third kappa shape index (κ3) is 6.22. The summed E-state index contributed by atoms with van der Waals surface area (Å²) >= 11 is 0. The molecule has 1 saturated heterocycles. The Labute approximate surface area is 196 Å². The van der Waals surface area contributed by atoms with Gasteiger partial charge in [0.05, 0.1) is 13.2 Å². The van der Waals surface area contributed by atoms with Crippen molar-refractivity contribution in [1.29, 1.82) is 0 Å². The zero-order valence-corrected chi connectivity index (χ0v) is 18.4. The van der Waals surface area contributed by atoms with Crippen molar-refractivity contribution < 1.29 is 42.4 Å². The van der Waals surface area contributed by atoms with Crippen molar-refractivity contribution in [3.05, 3.63) is 58.1 Å². The lowest BCUT2D eigenvalue weighted by atomic mass is 10.1. The summed E-state index contributed by atoms with van der Waals surface area (Å²) in [4.78, 5) is 39.9. The Bertz CT molecular complexity index is 1110. The highest BCUT2D eigenvalue weighted by Gasteiger charge is 2.46. The molecule has 14 heteroatoms. The van der Waals surface area contributed by atoms with Crippen LogP contribution in [0.5, 0.6) is 0 Å². The number of anilines is 1. The molecule has 1 aliphatic rings. The van der Waals surface area contributed by atoms with Crippen molar-refractivity contribution in [1.82, 2.24) is 14.9 Å². The van der Waals surface area contributed by atoms with Crippen LogP contribution >= 0.6 is 0 Å². The van der Waals surface area contributed by atoms with Crippen LogP contribution < -0.4 is 16.3 Å². The topological polar surface area (TPSA) is 152 Å². The summed E-state index contributed by atoms with van der Waals surface area (Å²) in [6.07, 6.45) is -8.92. The molecule has 0 aliphatic carbocycles. The van der Waals surface area contributed by atoms with Crippen molar-refractivity contribution in [3.8, 4) is 0 Å². The number of aliphatic hydroxyl groups is 2. The first-order valence-corrected chi connectivity index (χ1v) is 10.4. The van der Waals surface area contributed by atoms with Crippen LogP contribution in [0.25, 0.3) is 0 Å². The summed E-state index contributed by atoms with van der Waals surface area (Å²) in [6, 6.07) is 8.23. The number of ether oxygens (including phenoxy) is 2. The SMILES string of the molecule is Cc1cn([C@@H]2O[C@H](CO)[C@@H](O)[C@H]2OCCNC(=O)C(F)(F)F)c(=O)nc1NC(=O)c1ccccc1. The van der Waals surface area contributed by atoms with Gasteiger partial charge in [-0.15, -0.1) is 0 Å². The van der Waals surface area contributed by atoms with E-state index in [0.717, 1.165) is 4.57 Å². The average Bonchev–Trinajstić information content (AvgIpc) is 3.13. The summed E-state index contributed by atoms with van der Waals surface area (Å²) < 4.78 is 48.8. The number of carbonyl (C=O) groups excluding carboxylic acids is 2. The van der Waals surface area contributed by atoms with Crippen molar-refractivity contribution in [2.24, 2.45) is 0 Å². The van der Waals surface area contributed by atoms with E-state index in [4.69, 9.17) is 9.47 Å². The predicted molar refractivity (Wildman–Crippen MR) is 113 cm³/mol. The molecule has 0 spiro atoms. The average molecular weight is 500 g/mol. The zero-order valence-electron chi connectivity index (χ0n) is 18.4. The van der Waals surface area contributed by atoms with Crippen LogP contribution in [0.3, 0.4) is 0 Å². The summed E-state index contributed by atoms with van der Waals surface area (Å²) in [5.74, 6) is -2.66. The molecule has 2 aromatic rings. The largest absolute Gasteiger partial charge is 0.471 e. The van der Waals surface area contributed by atoms with Crippen LogP contribution in [0.4, 0.5) is 19.0 Å². The van der Waals surface area contributed by atoms with E-state index >= 15 is 0 Å². The monoisotopic (exact) mass is 500 g/mol. The van der Waals surface area contributed by atoms with Crippen molar-refractivity contribution in [2.45, 2.75) is 37.6 Å². The number of rotatable bonds is 8. The van der Waals surface area contributed by atoms with Crippen LogP contribution in [0.2, 0.25) is 0 Å². The molecule has 1 fully saturated rings. The van der Waals surface area contributed by atoms with Crippen LogP contribution in [0.1, 0.15) is 22.1 Å². The number of hydrogen-bond donors (Lipinski definition) is 4. The molecule has 0 bridgehead atoms. The molecule has 2 heterocycles. The van der Waals surface area contributed by atoms with Gasteiger partial charge in [0.15, 0.2) is 6.23 Å². The quantitative estimate of drug-likeness (QED) is 0.373. The number of nitrogens with zero attached hydrogens (tertiary/aromatic N) is 2. The number of aliphatic hydroxyl groups excluding tert-OH is 2. The molecule has 4 N–H and O–H groups in total. The number of alkyl halides is 3. The van der Waals surface area contributed by atoms with Crippen LogP contribution in [-0.2, 0) is 14.3 Å². The standard InChI is InChI=1S/C21H23F3N4O7/c1-11-9-28(20(33)27-16(11)26-17(31)12-5-3-2-4-6-12)18-15(14(30)13(10-29)35-18)34-8-7-25-19(32)21(22,23)24/h2-6,9,13-15,18,29-30H,7-8,10H2,1H3,(H,25,32)(H,26,27,31,33)/t13-,14-,15-,18-/m1/s1. The molecule has 1 aromatic heterocycles. The fraction of sp³-hybridized carbons (Fsp3) is 0.429. The summed E-state index contributed by atoms with van der Waals surface area (Å²) in [5.41, 5.74) is -0.179. The first-order chi connectivity index (χ1) is 16.5. The van der Waals surface area contributed by atoms with Gasteiger partial charge in [-0.25, -0.2) is 4.79 Å². The molecule has 0 saturated carbocycles. The van der Waals surface area contributed by atoms with Gasteiger partial charge < -0.3 is 30.3 Å². The highest BCUT2D eigenvalue weighted by molar-refractivity contribution is 6.04. The molecule has 3 rings (SSSR count). The van der Waals surface area contributed by atoms with Crippen LogP contribution in [-0.4, -0.2) is 75.8 Å². The molecular formula is C21H23F3N4O7. The maximum atomic E-state index is 12.7. The van der Waals surface area contributed by atoms with E-state index in [0.29, 0.717) is 11.1 Å². The third-order valence-corrected chi connectivity index (χ3v) is 5.12. The lowest BCUT2D eigenvalue weighted by Gasteiger charge is -2.23. The number of aryl methyl sites for hydroxylation is 1. The lowest BCUT2D eigenvalue weighted by molar-refractivity contribution is -0.174. The van der Waals surface area contributed by atoms with Gasteiger partial charge in [0.1, 0.15) is 24.1 Å². The van der Waals surface area contributed by atoms with Gasteiger partial charge in [-0.05, 0) is 19.1 Å². The van der Waals surface area contributed by atoms with Gasteiger partial charge in [0, 0.05) is 23.9 Å². The minimum atomic E-state index is -5.06. The maximum Gasteiger partial charge on any atom is 0.471 e. The van der Waals surface area contributed by atoms with Gasteiger partial charge in [0.2, 0.25) is 0 Å². The van der Waals surface area contributed by atoms with Crippen molar-refractivity contribution >= 4 is 17.6 Å². The predicted octanol–water partition coefficient (Wildman–Crippen LogP) is 0.118. The molecule has 190 valence electrons. The molecule has 4 atom stereocenters. The molecule has 1 aliphatic heterocycles. The third-order valence-electron chi connectivity index (χ3n) is 5.12. The first kappa shape index (κ1) is 26.3. The maximum absolute atomic E-state index is 12.7. The van der Waals surface area contributed by atoms with E-state index in [9.17, 15) is 37.8 Å². The fourth-order valence-electron chi connectivity index (χ4n) is 3.38. The number of benzene rings is 1. The number of hydrogen-bond acceptors (Lipinski definition) is 8. The van der Waals surface area contributed by atoms with E-state index in [1.807, 2.05) is 0 Å². The summed E-state index contributed by atoms with van der Waals surface area (Å²) in [7, 11) is 0. The van der Waals surface area contributed by atoms with Gasteiger partial charge in [-0.1, -0.05) is 18.2 Å². The number of halogens is 3. The Morgan fingerprint density at radius 3 is 2.57 bits per heavy atom. The van der Waals surface area contributed by atoms with Crippen LogP contribution in [0.15, 0.2) is 41.3 Å². The lowest BCUT2D eigenvalue weighted by Crippen LogP contribution is -2.42. The highest BCUT2D eigenvalue weighted by atomic mass is 19.4. The second-order valence-electron chi connectivity index (χ2n) is 7.61. The first-order valence-electron chi connectivity index (χ1n) is 10.4. The van der Waals surface area contributed by atoms with Crippen LogP contribution in [0, 0.1) is 6.92 Å². The number of nitrogens with one attached hydrogen (secondary N) is 2. The van der Waals surface area contributed by atoms with Gasteiger partial charge >= 0.3 is 17.8 Å². The van der Waals surface area contributed by atoms with Gasteiger partial charge in [-0.2, -0.15) is 18.2 Å². The summed E-state index contributed by atoms with van der Waals surface area (Å²) in [5, 5.41) is 24.0. The second kappa shape index (κ2) is 10.9. The number of carbonyl (C=O) groups is 2. The van der Waals surface area contributed by atoms with Gasteiger partial charge in [-0.3, -0.25) is 14.2 Å². The number of amides is 2. The second-order valence-corrected chi connectivity index (χ2v) is 7.61. The van der Waals surface area contributed by atoms with E-state index < -0.39 is 68.0 Å². The number of aromatic nitrogens is 2. The Hall–Kier alpha value is -3.33. The zero-order chi connectivity index (χ0) is 25.8. The Kier molecular flexibility index (Phi) is 8.22. The molecule has 1 aromatic carbocycles. The molecule has 35 heavy (non-hydrogen) atoms. The van der Waals surface area contributed by atoms with E-state index in [2.05, 4.69) is 10.3 Å². The molecular weight excluding hydrogens is 477 g/mol. The molecule has 11 nitrogen and oxygen atoms in total. The normalized spacial score (nSPS) is 22.1. The van der Waals surface area contributed by atoms with Crippen molar-refractivity contribution in [3.63, 3.8) is 0 Å².